The Hall–Kier alpha value is -2.34. The van der Waals surface area contributed by atoms with Crippen LogP contribution in [0.25, 0.3) is 0 Å². The Morgan fingerprint density at radius 3 is 2.44 bits per heavy atom. The maximum atomic E-state index is 13.1. The molecule has 32 heavy (non-hydrogen) atoms. The van der Waals surface area contributed by atoms with Crippen LogP contribution in [-0.2, 0) is 24.8 Å². The molecule has 176 valence electrons. The third-order valence-corrected chi connectivity index (χ3v) is 8.35. The normalized spacial score (nSPS) is 15.3. The van der Waals surface area contributed by atoms with Crippen LogP contribution in [0.4, 0.5) is 11.4 Å². The summed E-state index contributed by atoms with van der Waals surface area (Å²) in [5.74, 6) is 0.192. The summed E-state index contributed by atoms with van der Waals surface area (Å²) in [6, 6.07) is 10.7. The van der Waals surface area contributed by atoms with Gasteiger partial charge in [-0.3, -0.25) is 4.72 Å². The van der Waals surface area contributed by atoms with Crippen molar-refractivity contribution in [2.45, 2.75) is 29.6 Å². The van der Waals surface area contributed by atoms with Gasteiger partial charge in [-0.05, 0) is 36.8 Å². The molecule has 2 N–H and O–H groups in total. The second-order valence-corrected chi connectivity index (χ2v) is 10.8. The lowest BCUT2D eigenvalue weighted by molar-refractivity contribution is 0.0730. The minimum atomic E-state index is -4.04. The van der Waals surface area contributed by atoms with Gasteiger partial charge in [-0.1, -0.05) is 25.5 Å². The molecular formula is C21H29N3O6S2. The lowest BCUT2D eigenvalue weighted by Gasteiger charge is -2.26. The Labute approximate surface area is 189 Å². The highest BCUT2D eigenvalue weighted by Gasteiger charge is 2.28. The number of hydrogen-bond donors (Lipinski definition) is 2. The second-order valence-electron chi connectivity index (χ2n) is 7.26. The van der Waals surface area contributed by atoms with Gasteiger partial charge in [0.05, 0.1) is 36.6 Å². The van der Waals surface area contributed by atoms with Gasteiger partial charge in [0.15, 0.2) is 0 Å². The second kappa shape index (κ2) is 10.5. The average Bonchev–Trinajstić information content (AvgIpc) is 2.80. The number of ether oxygens (including phenoxy) is 2. The Kier molecular flexibility index (Phi) is 7.99. The summed E-state index contributed by atoms with van der Waals surface area (Å²) in [4.78, 5) is -0.0263. The summed E-state index contributed by atoms with van der Waals surface area (Å²) in [6.45, 7) is 3.81. The van der Waals surface area contributed by atoms with Crippen LogP contribution >= 0.6 is 0 Å². The lowest BCUT2D eigenvalue weighted by atomic mass is 10.2. The molecule has 1 aliphatic heterocycles. The number of sulfonamides is 2. The molecule has 1 heterocycles. The van der Waals surface area contributed by atoms with Crippen LogP contribution < -0.4 is 14.8 Å². The van der Waals surface area contributed by atoms with Gasteiger partial charge in [0.1, 0.15) is 10.6 Å². The molecule has 0 radical (unpaired) electrons. The first-order valence-electron chi connectivity index (χ1n) is 10.4. The number of para-hydroxylation sites is 1. The first kappa shape index (κ1) is 24.3. The smallest absolute Gasteiger partial charge is 0.265 e. The largest absolute Gasteiger partial charge is 0.495 e. The zero-order valence-corrected chi connectivity index (χ0v) is 19.8. The summed E-state index contributed by atoms with van der Waals surface area (Å²) >= 11 is 0. The standard InChI is InChI=1S/C21H29N3O6S2/c1-3-4-11-22-18-10-9-17(32(27,28)24-12-14-30-15-13-24)16-19(18)23-31(25,26)21-8-6-5-7-20(21)29-2/h5-10,16,22-23H,3-4,11-15H2,1-2H3. The van der Waals surface area contributed by atoms with E-state index in [1.807, 2.05) is 6.92 Å². The molecule has 2 aromatic carbocycles. The molecule has 1 aliphatic rings. The van der Waals surface area contributed by atoms with E-state index in [1.165, 1.54) is 29.6 Å². The van der Waals surface area contributed by atoms with Gasteiger partial charge < -0.3 is 14.8 Å². The monoisotopic (exact) mass is 483 g/mol. The van der Waals surface area contributed by atoms with Crippen LogP contribution in [0.3, 0.4) is 0 Å². The molecule has 0 spiro atoms. The zero-order chi connectivity index (χ0) is 23.2. The highest BCUT2D eigenvalue weighted by Crippen LogP contribution is 2.31. The molecule has 3 rings (SSSR count). The van der Waals surface area contributed by atoms with E-state index in [9.17, 15) is 16.8 Å². The fourth-order valence-electron chi connectivity index (χ4n) is 3.30. The third-order valence-electron chi connectivity index (χ3n) is 5.05. The van der Waals surface area contributed by atoms with Crippen LogP contribution in [0.15, 0.2) is 52.3 Å². The molecule has 0 aliphatic carbocycles. The summed E-state index contributed by atoms with van der Waals surface area (Å²) in [5.41, 5.74) is 0.652. The van der Waals surface area contributed by atoms with E-state index in [0.29, 0.717) is 25.4 Å². The molecule has 9 nitrogen and oxygen atoms in total. The van der Waals surface area contributed by atoms with E-state index in [4.69, 9.17) is 9.47 Å². The number of nitrogens with zero attached hydrogens (tertiary/aromatic N) is 1. The molecule has 0 amide bonds. The van der Waals surface area contributed by atoms with E-state index in [0.717, 1.165) is 12.8 Å². The van der Waals surface area contributed by atoms with E-state index in [1.54, 1.807) is 24.3 Å². The van der Waals surface area contributed by atoms with Gasteiger partial charge in [-0.2, -0.15) is 4.31 Å². The Morgan fingerprint density at radius 2 is 1.75 bits per heavy atom. The quantitative estimate of drug-likeness (QED) is 0.500. The van der Waals surface area contributed by atoms with Crippen LogP contribution in [0.5, 0.6) is 5.75 Å². The van der Waals surface area contributed by atoms with Gasteiger partial charge in [0.2, 0.25) is 10.0 Å². The molecule has 0 aromatic heterocycles. The van der Waals surface area contributed by atoms with Crippen LogP contribution in [0.2, 0.25) is 0 Å². The molecular weight excluding hydrogens is 454 g/mol. The fourth-order valence-corrected chi connectivity index (χ4v) is 5.98. The maximum Gasteiger partial charge on any atom is 0.265 e. The average molecular weight is 484 g/mol. The van der Waals surface area contributed by atoms with Gasteiger partial charge in [0.25, 0.3) is 10.0 Å². The molecule has 1 fully saturated rings. The number of benzene rings is 2. The van der Waals surface area contributed by atoms with Gasteiger partial charge in [-0.25, -0.2) is 16.8 Å². The van der Waals surface area contributed by atoms with Crippen LogP contribution in [0.1, 0.15) is 19.8 Å². The Morgan fingerprint density at radius 1 is 1.03 bits per heavy atom. The molecule has 0 saturated carbocycles. The van der Waals surface area contributed by atoms with Crippen molar-refractivity contribution in [3.05, 3.63) is 42.5 Å². The Balaban J connectivity index is 2.00. The first-order valence-corrected chi connectivity index (χ1v) is 13.3. The predicted octanol–water partition coefficient (Wildman–Crippen LogP) is 2.73. The van der Waals surface area contributed by atoms with Crippen molar-refractivity contribution < 1.29 is 26.3 Å². The SMILES string of the molecule is CCCCNc1ccc(S(=O)(=O)N2CCOCC2)cc1NS(=O)(=O)c1ccccc1OC. The van der Waals surface area contributed by atoms with Gasteiger partial charge in [0, 0.05) is 19.6 Å². The van der Waals surface area contributed by atoms with E-state index in [-0.39, 0.29) is 34.3 Å². The maximum absolute atomic E-state index is 13.1. The minimum absolute atomic E-state index is 0.0122. The molecule has 0 atom stereocenters. The van der Waals surface area contributed by atoms with Crippen molar-refractivity contribution in [3.63, 3.8) is 0 Å². The minimum Gasteiger partial charge on any atom is -0.495 e. The van der Waals surface area contributed by atoms with Crippen molar-refractivity contribution >= 4 is 31.4 Å². The van der Waals surface area contributed by atoms with Crippen LogP contribution in [-0.4, -0.2) is 61.1 Å². The Bertz CT molecular complexity index is 1130. The van der Waals surface area contributed by atoms with E-state index in [2.05, 4.69) is 10.0 Å². The van der Waals surface area contributed by atoms with E-state index >= 15 is 0 Å². The first-order chi connectivity index (χ1) is 15.3. The number of anilines is 2. The summed E-state index contributed by atoms with van der Waals surface area (Å²) < 4.78 is 66.8. The number of morpholine rings is 1. The van der Waals surface area contributed by atoms with Gasteiger partial charge >= 0.3 is 0 Å². The third kappa shape index (κ3) is 5.52. The van der Waals surface area contributed by atoms with Crippen molar-refractivity contribution in [1.29, 1.82) is 0 Å². The topological polar surface area (TPSA) is 114 Å². The summed E-state index contributed by atoms with van der Waals surface area (Å²) in [6.07, 6.45) is 1.84. The molecule has 0 unspecified atom stereocenters. The van der Waals surface area contributed by atoms with Crippen molar-refractivity contribution in [2.75, 3.05) is 50.0 Å². The predicted molar refractivity (Wildman–Crippen MR) is 123 cm³/mol. The summed E-state index contributed by atoms with van der Waals surface area (Å²) in [7, 11) is -6.44. The molecule has 1 saturated heterocycles. The highest BCUT2D eigenvalue weighted by molar-refractivity contribution is 7.93. The number of methoxy groups -OCH3 is 1. The van der Waals surface area contributed by atoms with Gasteiger partial charge in [-0.15, -0.1) is 0 Å². The fraction of sp³-hybridized carbons (Fsp3) is 0.429. The number of rotatable bonds is 10. The van der Waals surface area contributed by atoms with Crippen molar-refractivity contribution in [1.82, 2.24) is 4.31 Å². The molecule has 11 heteroatoms. The summed E-state index contributed by atoms with van der Waals surface area (Å²) in [5, 5.41) is 3.19. The molecule has 0 bridgehead atoms. The molecule has 2 aromatic rings. The van der Waals surface area contributed by atoms with Crippen molar-refractivity contribution in [3.8, 4) is 5.75 Å². The van der Waals surface area contributed by atoms with Crippen LogP contribution in [0, 0.1) is 0 Å². The highest BCUT2D eigenvalue weighted by atomic mass is 32.2. The number of unbranched alkanes of at least 4 members (excludes halogenated alkanes) is 1. The number of nitrogens with one attached hydrogen (secondary N) is 2. The zero-order valence-electron chi connectivity index (χ0n) is 18.2. The van der Waals surface area contributed by atoms with Crippen molar-refractivity contribution in [2.24, 2.45) is 0 Å². The number of hydrogen-bond acceptors (Lipinski definition) is 7. The van der Waals surface area contributed by atoms with E-state index < -0.39 is 20.0 Å². The lowest BCUT2D eigenvalue weighted by Crippen LogP contribution is -2.40.